The van der Waals surface area contributed by atoms with Crippen molar-refractivity contribution < 1.29 is 5.11 Å². The zero-order valence-electron chi connectivity index (χ0n) is 11.5. The summed E-state index contributed by atoms with van der Waals surface area (Å²) in [4.78, 5) is 2.35. The van der Waals surface area contributed by atoms with E-state index in [1.54, 1.807) is 12.1 Å². The van der Waals surface area contributed by atoms with Crippen molar-refractivity contribution in [2.45, 2.75) is 25.8 Å². The van der Waals surface area contributed by atoms with Crippen LogP contribution in [0, 0.1) is 0 Å². The predicted molar refractivity (Wildman–Crippen MR) is 83.6 cm³/mol. The van der Waals surface area contributed by atoms with E-state index in [-0.39, 0.29) is 6.04 Å². The largest absolute Gasteiger partial charge is 0.508 e. The molecule has 1 aliphatic rings. The molecule has 2 nitrogen and oxygen atoms in total. The highest BCUT2D eigenvalue weighted by atomic mass is 35.5. The summed E-state index contributed by atoms with van der Waals surface area (Å²) in [5, 5.41) is 10.8. The van der Waals surface area contributed by atoms with Crippen LogP contribution in [-0.2, 0) is 6.42 Å². The molecular formula is C17H18ClNO. The molecule has 0 fully saturated rings. The molecule has 0 aromatic heterocycles. The number of hydrogen-bond acceptors (Lipinski definition) is 2. The molecule has 0 amide bonds. The van der Waals surface area contributed by atoms with Crippen LogP contribution in [0.3, 0.4) is 0 Å². The summed E-state index contributed by atoms with van der Waals surface area (Å²) in [5.41, 5.74) is 3.53. The van der Waals surface area contributed by atoms with Gasteiger partial charge in [0.1, 0.15) is 5.75 Å². The van der Waals surface area contributed by atoms with Gasteiger partial charge in [0.05, 0.1) is 6.04 Å². The van der Waals surface area contributed by atoms with Gasteiger partial charge in [0.15, 0.2) is 0 Å². The molecule has 2 aromatic carbocycles. The average molecular weight is 288 g/mol. The summed E-state index contributed by atoms with van der Waals surface area (Å²) in [6, 6.07) is 13.9. The van der Waals surface area contributed by atoms with Crippen LogP contribution in [-0.4, -0.2) is 11.7 Å². The fourth-order valence-electron chi connectivity index (χ4n) is 2.99. The quantitative estimate of drug-likeness (QED) is 0.875. The molecule has 1 N–H and O–H groups in total. The van der Waals surface area contributed by atoms with Crippen molar-refractivity contribution in [2.24, 2.45) is 0 Å². The van der Waals surface area contributed by atoms with Crippen LogP contribution in [0.5, 0.6) is 5.75 Å². The number of benzene rings is 2. The Morgan fingerprint density at radius 1 is 1.20 bits per heavy atom. The molecular weight excluding hydrogens is 270 g/mol. The monoisotopic (exact) mass is 287 g/mol. The van der Waals surface area contributed by atoms with E-state index in [1.807, 2.05) is 6.07 Å². The SMILES string of the molecule is CC(c1cc(Cl)ccc1O)N1CCCc2ccccc21. The molecule has 3 rings (SSSR count). The third-order valence-corrected chi connectivity index (χ3v) is 4.29. The molecule has 1 heterocycles. The molecule has 1 atom stereocenters. The highest BCUT2D eigenvalue weighted by Gasteiger charge is 2.23. The summed E-state index contributed by atoms with van der Waals surface area (Å²) in [6.45, 7) is 3.12. The maximum atomic E-state index is 10.1. The Bertz CT molecular complexity index is 626. The lowest BCUT2D eigenvalue weighted by Crippen LogP contribution is -2.32. The fraction of sp³-hybridized carbons (Fsp3) is 0.294. The topological polar surface area (TPSA) is 23.5 Å². The molecule has 0 saturated heterocycles. The summed E-state index contributed by atoms with van der Waals surface area (Å²) in [7, 11) is 0. The molecule has 0 bridgehead atoms. The number of hydrogen-bond donors (Lipinski definition) is 1. The minimum absolute atomic E-state index is 0.107. The zero-order valence-corrected chi connectivity index (χ0v) is 12.3. The van der Waals surface area contributed by atoms with E-state index in [4.69, 9.17) is 11.6 Å². The standard InChI is InChI=1S/C17H18ClNO/c1-12(15-11-14(18)8-9-17(15)20)19-10-4-6-13-5-2-3-7-16(13)19/h2-3,5,7-9,11-12,20H,4,6,10H2,1H3. The first-order valence-electron chi connectivity index (χ1n) is 7.00. The first-order chi connectivity index (χ1) is 9.66. The Hall–Kier alpha value is -1.67. The number of halogens is 1. The van der Waals surface area contributed by atoms with Gasteiger partial charge in [0, 0.05) is 22.8 Å². The number of fused-ring (bicyclic) bond motifs is 1. The molecule has 3 heteroatoms. The second kappa shape index (κ2) is 5.37. The van der Waals surface area contributed by atoms with Gasteiger partial charge in [-0.05, 0) is 49.6 Å². The van der Waals surface area contributed by atoms with Crippen molar-refractivity contribution in [3.05, 3.63) is 58.6 Å². The molecule has 104 valence electrons. The molecule has 0 saturated carbocycles. The highest BCUT2D eigenvalue weighted by Crippen LogP contribution is 2.37. The number of phenols is 1. The fourth-order valence-corrected chi connectivity index (χ4v) is 3.17. The van der Waals surface area contributed by atoms with Crippen molar-refractivity contribution in [1.29, 1.82) is 0 Å². The minimum atomic E-state index is 0.107. The molecule has 20 heavy (non-hydrogen) atoms. The van der Waals surface area contributed by atoms with Crippen LogP contribution >= 0.6 is 11.6 Å². The lowest BCUT2D eigenvalue weighted by atomic mass is 9.97. The van der Waals surface area contributed by atoms with Crippen molar-refractivity contribution in [3.63, 3.8) is 0 Å². The third-order valence-electron chi connectivity index (χ3n) is 4.05. The van der Waals surface area contributed by atoms with E-state index in [1.165, 1.54) is 11.3 Å². The molecule has 0 spiro atoms. The summed E-state index contributed by atoms with van der Waals surface area (Å²) in [6.07, 6.45) is 2.27. The number of aryl methyl sites for hydroxylation is 1. The maximum absolute atomic E-state index is 10.1. The average Bonchev–Trinajstić information content (AvgIpc) is 2.48. The van der Waals surface area contributed by atoms with Gasteiger partial charge in [-0.25, -0.2) is 0 Å². The van der Waals surface area contributed by atoms with Gasteiger partial charge in [0.2, 0.25) is 0 Å². The zero-order chi connectivity index (χ0) is 14.1. The van der Waals surface area contributed by atoms with Crippen molar-refractivity contribution >= 4 is 17.3 Å². The van der Waals surface area contributed by atoms with Gasteiger partial charge in [-0.1, -0.05) is 29.8 Å². The predicted octanol–water partition coefficient (Wildman–Crippen LogP) is 4.56. The van der Waals surface area contributed by atoms with Crippen LogP contribution in [0.2, 0.25) is 5.02 Å². The van der Waals surface area contributed by atoms with Crippen LogP contribution in [0.1, 0.15) is 30.5 Å². The van der Waals surface area contributed by atoms with Crippen LogP contribution < -0.4 is 4.90 Å². The summed E-state index contributed by atoms with van der Waals surface area (Å²) < 4.78 is 0. The van der Waals surface area contributed by atoms with Gasteiger partial charge in [-0.15, -0.1) is 0 Å². The number of para-hydroxylation sites is 1. The Morgan fingerprint density at radius 2 is 2.00 bits per heavy atom. The normalized spacial score (nSPS) is 15.8. The van der Waals surface area contributed by atoms with Gasteiger partial charge >= 0.3 is 0 Å². The van der Waals surface area contributed by atoms with E-state index in [2.05, 4.69) is 36.1 Å². The number of anilines is 1. The first-order valence-corrected chi connectivity index (χ1v) is 7.37. The molecule has 2 aromatic rings. The van der Waals surface area contributed by atoms with Crippen LogP contribution in [0.15, 0.2) is 42.5 Å². The summed E-state index contributed by atoms with van der Waals surface area (Å²) in [5.74, 6) is 0.310. The highest BCUT2D eigenvalue weighted by molar-refractivity contribution is 6.30. The van der Waals surface area contributed by atoms with E-state index in [9.17, 15) is 5.11 Å². The second-order valence-electron chi connectivity index (χ2n) is 5.30. The lowest BCUT2D eigenvalue weighted by Gasteiger charge is -2.36. The molecule has 0 radical (unpaired) electrons. The molecule has 1 unspecified atom stereocenters. The molecule has 1 aliphatic heterocycles. The number of phenolic OH excluding ortho intramolecular Hbond substituents is 1. The maximum Gasteiger partial charge on any atom is 0.120 e. The smallest absolute Gasteiger partial charge is 0.120 e. The number of nitrogens with zero attached hydrogens (tertiary/aromatic N) is 1. The van der Waals surface area contributed by atoms with Gasteiger partial charge in [-0.3, -0.25) is 0 Å². The lowest BCUT2D eigenvalue weighted by molar-refractivity contribution is 0.459. The van der Waals surface area contributed by atoms with E-state index >= 15 is 0 Å². The van der Waals surface area contributed by atoms with E-state index in [0.29, 0.717) is 10.8 Å². The van der Waals surface area contributed by atoms with Crippen LogP contribution in [0.4, 0.5) is 5.69 Å². The Kier molecular flexibility index (Phi) is 3.58. The van der Waals surface area contributed by atoms with Crippen LogP contribution in [0.25, 0.3) is 0 Å². The van der Waals surface area contributed by atoms with Gasteiger partial charge < -0.3 is 10.0 Å². The Labute approximate surface area is 124 Å². The Balaban J connectivity index is 1.99. The van der Waals surface area contributed by atoms with Crippen molar-refractivity contribution in [2.75, 3.05) is 11.4 Å². The second-order valence-corrected chi connectivity index (χ2v) is 5.74. The number of rotatable bonds is 2. The van der Waals surface area contributed by atoms with Crippen molar-refractivity contribution in [1.82, 2.24) is 0 Å². The van der Waals surface area contributed by atoms with Crippen molar-refractivity contribution in [3.8, 4) is 5.75 Å². The first kappa shape index (κ1) is 13.3. The molecule has 0 aliphatic carbocycles. The van der Waals surface area contributed by atoms with E-state index in [0.717, 1.165) is 24.9 Å². The van der Waals surface area contributed by atoms with Gasteiger partial charge in [0.25, 0.3) is 0 Å². The summed E-state index contributed by atoms with van der Waals surface area (Å²) >= 11 is 6.07. The minimum Gasteiger partial charge on any atom is -0.508 e. The third kappa shape index (κ3) is 2.36. The Morgan fingerprint density at radius 3 is 2.85 bits per heavy atom. The number of aromatic hydroxyl groups is 1. The van der Waals surface area contributed by atoms with E-state index < -0.39 is 0 Å². The van der Waals surface area contributed by atoms with Gasteiger partial charge in [-0.2, -0.15) is 0 Å².